The Morgan fingerprint density at radius 2 is 1.63 bits per heavy atom. The van der Waals surface area contributed by atoms with E-state index in [-0.39, 0.29) is 30.2 Å². The normalized spacial score (nSPS) is 10.5. The number of carbonyl (C=O) groups is 2. The molecule has 0 radical (unpaired) electrons. The molecule has 7 nitrogen and oxygen atoms in total. The van der Waals surface area contributed by atoms with Crippen molar-refractivity contribution >= 4 is 17.5 Å². The maximum Gasteiger partial charge on any atom is 0.272 e. The Labute approximate surface area is 174 Å². The SMILES string of the molecule is Cc1cc(C)c(NC(=O)CNC(=O)c2ccc(=O)n(Cc3ccccc3)n2)c(C)c1. The standard InChI is InChI=1S/C23H24N4O3/c1-15-11-16(2)22(17(3)12-15)25-20(28)13-24-23(30)19-9-10-21(29)27(26-19)14-18-7-5-4-6-8-18/h4-12H,13-14H2,1-3H3,(H,24,30)(H,25,28). The van der Waals surface area contributed by atoms with Gasteiger partial charge in [0.1, 0.15) is 5.69 Å². The predicted molar refractivity (Wildman–Crippen MR) is 116 cm³/mol. The molecule has 1 heterocycles. The number of anilines is 1. The highest BCUT2D eigenvalue weighted by Crippen LogP contribution is 2.21. The van der Waals surface area contributed by atoms with E-state index in [4.69, 9.17) is 0 Å². The van der Waals surface area contributed by atoms with Crippen LogP contribution in [0.15, 0.2) is 59.4 Å². The zero-order valence-electron chi connectivity index (χ0n) is 17.2. The zero-order chi connectivity index (χ0) is 21.7. The molecule has 0 atom stereocenters. The molecule has 0 saturated heterocycles. The van der Waals surface area contributed by atoms with Gasteiger partial charge in [0.2, 0.25) is 5.91 Å². The first kappa shape index (κ1) is 21.0. The van der Waals surface area contributed by atoms with Crippen LogP contribution in [0, 0.1) is 20.8 Å². The summed E-state index contributed by atoms with van der Waals surface area (Å²) in [5, 5.41) is 9.52. The fourth-order valence-corrected chi connectivity index (χ4v) is 3.25. The molecule has 2 aromatic carbocycles. The molecule has 0 aliphatic heterocycles. The number of hydrogen-bond donors (Lipinski definition) is 2. The summed E-state index contributed by atoms with van der Waals surface area (Å²) >= 11 is 0. The number of amides is 2. The van der Waals surface area contributed by atoms with Gasteiger partial charge in [-0.25, -0.2) is 4.68 Å². The molecule has 2 N–H and O–H groups in total. The molecule has 0 aliphatic rings. The highest BCUT2D eigenvalue weighted by atomic mass is 16.2. The number of aryl methyl sites for hydroxylation is 3. The summed E-state index contributed by atoms with van der Waals surface area (Å²) in [6, 6.07) is 16.0. The van der Waals surface area contributed by atoms with E-state index in [1.807, 2.05) is 63.2 Å². The number of hydrogen-bond acceptors (Lipinski definition) is 4. The largest absolute Gasteiger partial charge is 0.342 e. The van der Waals surface area contributed by atoms with Crippen LogP contribution in [0.4, 0.5) is 5.69 Å². The Morgan fingerprint density at radius 1 is 0.967 bits per heavy atom. The Bertz CT molecular complexity index is 1110. The molecule has 7 heteroatoms. The van der Waals surface area contributed by atoms with Gasteiger partial charge in [-0.05, 0) is 43.5 Å². The number of benzene rings is 2. The molecule has 30 heavy (non-hydrogen) atoms. The average Bonchev–Trinajstić information content (AvgIpc) is 2.71. The first-order valence-electron chi connectivity index (χ1n) is 9.61. The number of nitrogens with one attached hydrogen (secondary N) is 2. The Morgan fingerprint density at radius 3 is 2.30 bits per heavy atom. The molecule has 0 saturated carbocycles. The molecule has 3 aromatic rings. The third kappa shape index (κ3) is 5.20. The van der Waals surface area contributed by atoms with Gasteiger partial charge >= 0.3 is 0 Å². The molecular formula is C23H24N4O3. The predicted octanol–water partition coefficient (Wildman–Crippen LogP) is 2.59. The summed E-state index contributed by atoms with van der Waals surface area (Å²) in [5.41, 5.74) is 4.44. The van der Waals surface area contributed by atoms with Crippen LogP contribution in [0.3, 0.4) is 0 Å². The summed E-state index contributed by atoms with van der Waals surface area (Å²) in [6.45, 7) is 5.90. The number of carbonyl (C=O) groups excluding carboxylic acids is 2. The lowest BCUT2D eigenvalue weighted by atomic mass is 10.1. The van der Waals surface area contributed by atoms with E-state index < -0.39 is 5.91 Å². The molecule has 154 valence electrons. The molecule has 0 aliphatic carbocycles. The minimum atomic E-state index is -0.524. The van der Waals surface area contributed by atoms with E-state index in [0.717, 1.165) is 27.9 Å². The molecule has 3 rings (SSSR count). The molecule has 0 spiro atoms. The van der Waals surface area contributed by atoms with Crippen molar-refractivity contribution in [2.45, 2.75) is 27.3 Å². The zero-order valence-corrected chi connectivity index (χ0v) is 17.2. The van der Waals surface area contributed by atoms with Crippen molar-refractivity contribution in [3.05, 3.63) is 92.9 Å². The van der Waals surface area contributed by atoms with Crippen LogP contribution in [0.25, 0.3) is 0 Å². The van der Waals surface area contributed by atoms with Gasteiger partial charge in [0.05, 0.1) is 13.1 Å². The summed E-state index contributed by atoms with van der Waals surface area (Å²) < 4.78 is 1.23. The Balaban J connectivity index is 1.64. The van der Waals surface area contributed by atoms with Crippen molar-refractivity contribution in [1.29, 1.82) is 0 Å². The van der Waals surface area contributed by atoms with Gasteiger partial charge in [0.25, 0.3) is 11.5 Å². The maximum absolute atomic E-state index is 12.4. The average molecular weight is 404 g/mol. The minimum Gasteiger partial charge on any atom is -0.342 e. The van der Waals surface area contributed by atoms with E-state index in [2.05, 4.69) is 15.7 Å². The van der Waals surface area contributed by atoms with Crippen molar-refractivity contribution in [3.63, 3.8) is 0 Å². The topological polar surface area (TPSA) is 93.1 Å². The third-order valence-corrected chi connectivity index (χ3v) is 4.63. The molecule has 0 unspecified atom stereocenters. The highest BCUT2D eigenvalue weighted by molar-refractivity contribution is 5.98. The summed E-state index contributed by atoms with van der Waals surface area (Å²) in [4.78, 5) is 36.8. The number of rotatable bonds is 6. The fraction of sp³-hybridized carbons (Fsp3) is 0.217. The van der Waals surface area contributed by atoms with Crippen molar-refractivity contribution in [3.8, 4) is 0 Å². The van der Waals surface area contributed by atoms with Crippen LogP contribution >= 0.6 is 0 Å². The lowest BCUT2D eigenvalue weighted by Gasteiger charge is -2.13. The van der Waals surface area contributed by atoms with Crippen LogP contribution in [0.5, 0.6) is 0 Å². The lowest BCUT2D eigenvalue weighted by Crippen LogP contribution is -2.35. The maximum atomic E-state index is 12.4. The van der Waals surface area contributed by atoms with Gasteiger partial charge in [-0.2, -0.15) is 5.10 Å². The number of aromatic nitrogens is 2. The second-order valence-electron chi connectivity index (χ2n) is 7.20. The molecule has 2 amide bonds. The van der Waals surface area contributed by atoms with Crippen LogP contribution in [-0.2, 0) is 11.3 Å². The Hall–Kier alpha value is -3.74. The second kappa shape index (κ2) is 9.17. The molecular weight excluding hydrogens is 380 g/mol. The first-order chi connectivity index (χ1) is 14.3. The quantitative estimate of drug-likeness (QED) is 0.660. The van der Waals surface area contributed by atoms with Crippen LogP contribution < -0.4 is 16.2 Å². The minimum absolute atomic E-state index is 0.0704. The summed E-state index contributed by atoms with van der Waals surface area (Å²) in [6.07, 6.45) is 0. The molecule has 0 bridgehead atoms. The van der Waals surface area contributed by atoms with Crippen LogP contribution in [0.2, 0.25) is 0 Å². The molecule has 0 fully saturated rings. The van der Waals surface area contributed by atoms with Gasteiger partial charge in [-0.3, -0.25) is 14.4 Å². The van der Waals surface area contributed by atoms with Crippen LogP contribution in [-0.4, -0.2) is 28.1 Å². The van der Waals surface area contributed by atoms with E-state index >= 15 is 0 Å². The molecule has 1 aromatic heterocycles. The van der Waals surface area contributed by atoms with E-state index in [1.54, 1.807) is 0 Å². The fourth-order valence-electron chi connectivity index (χ4n) is 3.25. The van der Waals surface area contributed by atoms with Gasteiger partial charge in [0.15, 0.2) is 0 Å². The Kier molecular flexibility index (Phi) is 6.41. The van der Waals surface area contributed by atoms with Gasteiger partial charge in [-0.15, -0.1) is 0 Å². The van der Waals surface area contributed by atoms with Crippen molar-refractivity contribution in [2.75, 3.05) is 11.9 Å². The lowest BCUT2D eigenvalue weighted by molar-refractivity contribution is -0.115. The smallest absolute Gasteiger partial charge is 0.272 e. The monoisotopic (exact) mass is 404 g/mol. The number of nitrogens with zero attached hydrogens (tertiary/aromatic N) is 2. The second-order valence-corrected chi connectivity index (χ2v) is 7.20. The van der Waals surface area contributed by atoms with E-state index in [0.29, 0.717) is 0 Å². The van der Waals surface area contributed by atoms with Gasteiger partial charge in [-0.1, -0.05) is 48.0 Å². The summed E-state index contributed by atoms with van der Waals surface area (Å²) in [5.74, 6) is -0.861. The van der Waals surface area contributed by atoms with E-state index in [9.17, 15) is 14.4 Å². The third-order valence-electron chi connectivity index (χ3n) is 4.63. The van der Waals surface area contributed by atoms with Crippen molar-refractivity contribution < 1.29 is 9.59 Å². The van der Waals surface area contributed by atoms with Gasteiger partial charge in [0, 0.05) is 11.8 Å². The van der Waals surface area contributed by atoms with Gasteiger partial charge < -0.3 is 10.6 Å². The van der Waals surface area contributed by atoms with E-state index in [1.165, 1.54) is 16.8 Å². The highest BCUT2D eigenvalue weighted by Gasteiger charge is 2.13. The van der Waals surface area contributed by atoms with Crippen LogP contribution in [0.1, 0.15) is 32.7 Å². The summed E-state index contributed by atoms with van der Waals surface area (Å²) in [7, 11) is 0. The van der Waals surface area contributed by atoms with Crippen molar-refractivity contribution in [1.82, 2.24) is 15.1 Å². The first-order valence-corrected chi connectivity index (χ1v) is 9.61. The van der Waals surface area contributed by atoms with Crippen molar-refractivity contribution in [2.24, 2.45) is 0 Å².